The van der Waals surface area contributed by atoms with Gasteiger partial charge < -0.3 is 30.2 Å². The van der Waals surface area contributed by atoms with Crippen LogP contribution in [0.1, 0.15) is 17.3 Å². The largest absolute Gasteiger partial charge is 0.488 e. The molecule has 0 saturated heterocycles. The van der Waals surface area contributed by atoms with Crippen molar-refractivity contribution in [3.8, 4) is 5.75 Å². The van der Waals surface area contributed by atoms with Gasteiger partial charge in [0, 0.05) is 48.5 Å². The van der Waals surface area contributed by atoms with Crippen LogP contribution >= 0.6 is 12.2 Å². The van der Waals surface area contributed by atoms with Crippen molar-refractivity contribution in [1.29, 1.82) is 0 Å². The molecule has 11 heteroatoms. The Morgan fingerprint density at radius 2 is 1.97 bits per heavy atom. The number of aliphatic carboxylic acids is 2. The number of halogens is 2. The van der Waals surface area contributed by atoms with Crippen LogP contribution in [-0.4, -0.2) is 44.9 Å². The first-order valence-electron chi connectivity index (χ1n) is 8.46. The fourth-order valence-electron chi connectivity index (χ4n) is 2.88. The molecule has 3 rings (SSSR count). The van der Waals surface area contributed by atoms with E-state index in [-0.39, 0.29) is 11.8 Å². The van der Waals surface area contributed by atoms with Crippen LogP contribution in [-0.2, 0) is 22.4 Å². The molecule has 1 aliphatic rings. The minimum Gasteiger partial charge on any atom is -0.488 e. The van der Waals surface area contributed by atoms with Gasteiger partial charge in [0.15, 0.2) is 16.3 Å². The summed E-state index contributed by atoms with van der Waals surface area (Å²) in [5, 5.41) is 15.6. The van der Waals surface area contributed by atoms with Gasteiger partial charge in [-0.25, -0.2) is 18.4 Å². The molecule has 2 aromatic rings. The van der Waals surface area contributed by atoms with E-state index in [2.05, 4.69) is 4.98 Å². The molecule has 0 fully saturated rings. The average Bonchev–Trinajstić information content (AvgIpc) is 3.00. The number of rotatable bonds is 5. The molecular weight excluding hydrogens is 408 g/mol. The van der Waals surface area contributed by atoms with Gasteiger partial charge in [0.05, 0.1) is 6.04 Å². The molecule has 1 aliphatic heterocycles. The summed E-state index contributed by atoms with van der Waals surface area (Å²) in [5.74, 6) is -3.64. The van der Waals surface area contributed by atoms with Gasteiger partial charge >= 0.3 is 11.9 Å². The molecule has 8 nitrogen and oxygen atoms in total. The number of nitrogens with two attached hydrogens (primary N) is 1. The smallest absolute Gasteiger partial charge is 0.328 e. The van der Waals surface area contributed by atoms with Crippen LogP contribution in [0.4, 0.5) is 8.78 Å². The predicted molar refractivity (Wildman–Crippen MR) is 101 cm³/mol. The first kappa shape index (κ1) is 22.2. The number of carboxylic acid groups (broad SMARTS) is 2. The number of nitrogens with one attached hydrogen (secondary N) is 1. The first-order valence-corrected chi connectivity index (χ1v) is 8.87. The highest BCUT2D eigenvalue weighted by molar-refractivity contribution is 7.71. The number of nitrogens with zero attached hydrogens (tertiary/aromatic N) is 1. The van der Waals surface area contributed by atoms with Crippen LogP contribution in [0.25, 0.3) is 0 Å². The van der Waals surface area contributed by atoms with Crippen molar-refractivity contribution < 1.29 is 33.3 Å². The molecule has 0 spiro atoms. The first-order chi connectivity index (χ1) is 13.7. The number of imidazole rings is 1. The number of ether oxygens (including phenoxy) is 1. The molecule has 2 heterocycles. The molecule has 1 aromatic carbocycles. The van der Waals surface area contributed by atoms with E-state index in [9.17, 15) is 18.4 Å². The fraction of sp³-hybridized carbons (Fsp3) is 0.278. The summed E-state index contributed by atoms with van der Waals surface area (Å²) in [7, 11) is 0. The number of carboxylic acids is 2. The molecule has 1 aromatic heterocycles. The third-order valence-corrected chi connectivity index (χ3v) is 4.30. The summed E-state index contributed by atoms with van der Waals surface area (Å²) in [5.41, 5.74) is 7.08. The highest BCUT2D eigenvalue weighted by atomic mass is 32.1. The van der Waals surface area contributed by atoms with Gasteiger partial charge in [0.25, 0.3) is 0 Å². The lowest BCUT2D eigenvalue weighted by Crippen LogP contribution is -2.27. The van der Waals surface area contributed by atoms with Crippen molar-refractivity contribution in [1.82, 2.24) is 9.55 Å². The zero-order valence-electron chi connectivity index (χ0n) is 15.1. The maximum atomic E-state index is 13.7. The van der Waals surface area contributed by atoms with Crippen LogP contribution in [0, 0.1) is 16.4 Å². The third-order valence-electron chi connectivity index (χ3n) is 3.99. The lowest BCUT2D eigenvalue weighted by atomic mass is 10.0. The van der Waals surface area contributed by atoms with Gasteiger partial charge in [0.1, 0.15) is 12.4 Å². The van der Waals surface area contributed by atoms with E-state index in [0.717, 1.165) is 11.8 Å². The van der Waals surface area contributed by atoms with Gasteiger partial charge in [-0.2, -0.15) is 0 Å². The maximum absolute atomic E-state index is 13.7. The molecule has 0 radical (unpaired) electrons. The van der Waals surface area contributed by atoms with Crippen LogP contribution in [0.3, 0.4) is 0 Å². The molecule has 1 unspecified atom stereocenters. The summed E-state index contributed by atoms with van der Waals surface area (Å²) in [6.45, 7) is 0.791. The van der Waals surface area contributed by atoms with Crippen LogP contribution in [0.2, 0.25) is 0 Å². The number of carbonyl (C=O) groups is 2. The summed E-state index contributed by atoms with van der Waals surface area (Å²) in [4.78, 5) is 22.1. The normalized spacial score (nSPS) is 15.2. The zero-order valence-corrected chi connectivity index (χ0v) is 15.9. The van der Waals surface area contributed by atoms with E-state index in [1.165, 1.54) is 6.07 Å². The van der Waals surface area contributed by atoms with Crippen LogP contribution < -0.4 is 10.5 Å². The Hall–Kier alpha value is -3.05. The molecule has 0 aliphatic carbocycles. The SMILES string of the molecule is NCCc1c[nH]c(=S)n1C1COc2c(F)cc(F)cc2C1.O=C(O)C=CC(=O)O. The number of aromatic amines is 1. The topological polar surface area (TPSA) is 131 Å². The Kier molecular flexibility index (Phi) is 7.62. The molecule has 5 N–H and O–H groups in total. The van der Waals surface area contributed by atoms with E-state index >= 15 is 0 Å². The number of hydrogen-bond donors (Lipinski definition) is 4. The molecule has 0 bridgehead atoms. The molecule has 0 saturated carbocycles. The van der Waals surface area contributed by atoms with Crippen molar-refractivity contribution in [2.45, 2.75) is 18.9 Å². The van der Waals surface area contributed by atoms with E-state index in [1.807, 2.05) is 10.8 Å². The lowest BCUT2D eigenvalue weighted by molar-refractivity contribution is -0.134. The van der Waals surface area contributed by atoms with Gasteiger partial charge in [-0.3, -0.25) is 0 Å². The minimum atomic E-state index is -1.26. The predicted octanol–water partition coefficient (Wildman–Crippen LogP) is 2.21. The second kappa shape index (κ2) is 9.94. The summed E-state index contributed by atoms with van der Waals surface area (Å²) in [6.07, 6.45) is 4.07. The van der Waals surface area contributed by atoms with Gasteiger partial charge in [-0.1, -0.05) is 0 Å². The molecule has 29 heavy (non-hydrogen) atoms. The molecule has 1 atom stereocenters. The van der Waals surface area contributed by atoms with Crippen molar-refractivity contribution in [3.05, 3.63) is 58.1 Å². The summed E-state index contributed by atoms with van der Waals surface area (Å²) < 4.78 is 35.0. The average molecular weight is 427 g/mol. The van der Waals surface area contributed by atoms with Crippen molar-refractivity contribution in [2.24, 2.45) is 5.73 Å². The lowest BCUT2D eigenvalue weighted by Gasteiger charge is -2.27. The second-order valence-corrected chi connectivity index (χ2v) is 6.44. The van der Waals surface area contributed by atoms with Gasteiger partial charge in [0.2, 0.25) is 0 Å². The molecular formula is C18H19F2N3O5S. The Balaban J connectivity index is 0.000000321. The Morgan fingerprint density at radius 1 is 1.31 bits per heavy atom. The molecule has 156 valence electrons. The minimum absolute atomic E-state index is 0.0981. The number of H-pyrrole nitrogens is 1. The second-order valence-electron chi connectivity index (χ2n) is 6.05. The third kappa shape index (κ3) is 5.96. The van der Waals surface area contributed by atoms with Gasteiger partial charge in [-0.15, -0.1) is 0 Å². The summed E-state index contributed by atoms with van der Waals surface area (Å²) in [6, 6.07) is 2.05. The van der Waals surface area contributed by atoms with E-state index in [0.29, 0.717) is 48.5 Å². The van der Waals surface area contributed by atoms with Crippen molar-refractivity contribution >= 4 is 24.2 Å². The Morgan fingerprint density at radius 3 is 2.55 bits per heavy atom. The maximum Gasteiger partial charge on any atom is 0.328 e. The zero-order chi connectivity index (χ0) is 21.6. The summed E-state index contributed by atoms with van der Waals surface area (Å²) >= 11 is 5.28. The standard InChI is InChI=1S/C14H15F2N3OS.C4H4O4/c15-9-3-8-4-11(7-20-13(8)12(16)5-9)19-10(1-2-17)6-18-14(19)21;5-3(6)1-2-4(7)8/h3,5-6,11H,1-2,4,7,17H2,(H,18,21);1-2H,(H,5,6)(H,7,8). The monoisotopic (exact) mass is 427 g/mol. The Labute approximate surface area is 169 Å². The van der Waals surface area contributed by atoms with Gasteiger partial charge in [-0.05, 0) is 24.8 Å². The number of hydrogen-bond acceptors (Lipinski definition) is 5. The molecule has 0 amide bonds. The van der Waals surface area contributed by atoms with Crippen LogP contribution in [0.15, 0.2) is 30.5 Å². The highest BCUT2D eigenvalue weighted by Gasteiger charge is 2.26. The van der Waals surface area contributed by atoms with Crippen molar-refractivity contribution in [2.75, 3.05) is 13.2 Å². The van der Waals surface area contributed by atoms with E-state index in [4.69, 9.17) is 32.9 Å². The highest BCUT2D eigenvalue weighted by Crippen LogP contribution is 2.33. The Bertz CT molecular complexity index is 970. The number of fused-ring (bicyclic) bond motifs is 1. The number of aromatic nitrogens is 2. The van der Waals surface area contributed by atoms with Crippen molar-refractivity contribution in [3.63, 3.8) is 0 Å². The fourth-order valence-corrected chi connectivity index (χ4v) is 3.21. The van der Waals surface area contributed by atoms with E-state index in [1.54, 1.807) is 0 Å². The van der Waals surface area contributed by atoms with E-state index < -0.39 is 23.6 Å². The quantitative estimate of drug-likeness (QED) is 0.425. The number of benzene rings is 1. The van der Waals surface area contributed by atoms with Crippen LogP contribution in [0.5, 0.6) is 5.75 Å².